The fourth-order valence-corrected chi connectivity index (χ4v) is 4.15. The zero-order valence-electron chi connectivity index (χ0n) is 10.4. The smallest absolute Gasteiger partial charge is 0.285 e. The van der Waals surface area contributed by atoms with E-state index in [0.717, 1.165) is 30.2 Å². The van der Waals surface area contributed by atoms with E-state index in [1.165, 1.54) is 12.3 Å². The molecule has 7 heteroatoms. The van der Waals surface area contributed by atoms with Crippen molar-refractivity contribution >= 4 is 15.9 Å². The molecule has 2 aliphatic heterocycles. The van der Waals surface area contributed by atoms with Crippen molar-refractivity contribution in [1.82, 2.24) is 14.6 Å². The Morgan fingerprint density at radius 1 is 1.37 bits per heavy atom. The van der Waals surface area contributed by atoms with Gasteiger partial charge in [0, 0.05) is 12.7 Å². The van der Waals surface area contributed by atoms with Crippen LogP contribution in [0.5, 0.6) is 0 Å². The van der Waals surface area contributed by atoms with Gasteiger partial charge in [-0.05, 0) is 44.0 Å². The maximum Gasteiger partial charge on any atom is 0.285 e. The number of nitrogens with zero attached hydrogens (tertiary/aromatic N) is 2. The molecule has 1 fully saturated rings. The van der Waals surface area contributed by atoms with Crippen molar-refractivity contribution in [2.75, 3.05) is 19.6 Å². The number of fused-ring (bicyclic) bond motifs is 1. The fraction of sp³-hybridized carbons (Fsp3) is 0.500. The van der Waals surface area contributed by atoms with E-state index < -0.39 is 15.9 Å². The molecule has 3 heterocycles. The lowest BCUT2D eigenvalue weighted by atomic mass is 9.98. The Kier molecular flexibility index (Phi) is 3.02. The van der Waals surface area contributed by atoms with Crippen LogP contribution in [0.3, 0.4) is 0 Å². The molecule has 0 aromatic carbocycles. The number of carbonyl (C=O) groups is 1. The molecule has 1 N–H and O–H groups in total. The topological polar surface area (TPSA) is 79.4 Å². The number of carbonyl (C=O) groups excluding carboxylic acids is 1. The number of aromatic nitrogens is 1. The van der Waals surface area contributed by atoms with Gasteiger partial charge >= 0.3 is 0 Å². The molecule has 0 saturated carbocycles. The molecule has 1 saturated heterocycles. The SMILES string of the molecule is O=C1c2cccnc2S(=O)(=O)N1CC1CCNCC1. The molecule has 0 spiro atoms. The molecular weight excluding hydrogens is 266 g/mol. The summed E-state index contributed by atoms with van der Waals surface area (Å²) in [4.78, 5) is 16.0. The first-order valence-electron chi connectivity index (χ1n) is 6.33. The van der Waals surface area contributed by atoms with Gasteiger partial charge in [-0.3, -0.25) is 4.79 Å². The van der Waals surface area contributed by atoms with Crippen LogP contribution in [-0.4, -0.2) is 43.2 Å². The van der Waals surface area contributed by atoms with Crippen LogP contribution >= 0.6 is 0 Å². The van der Waals surface area contributed by atoms with Crippen molar-refractivity contribution in [3.8, 4) is 0 Å². The highest BCUT2D eigenvalue weighted by molar-refractivity contribution is 7.90. The molecule has 1 amide bonds. The Bertz CT molecular complexity index is 608. The van der Waals surface area contributed by atoms with Crippen LogP contribution in [0.4, 0.5) is 0 Å². The van der Waals surface area contributed by atoms with E-state index in [1.54, 1.807) is 6.07 Å². The van der Waals surface area contributed by atoms with E-state index in [1.807, 2.05) is 0 Å². The Morgan fingerprint density at radius 3 is 2.79 bits per heavy atom. The van der Waals surface area contributed by atoms with Crippen LogP contribution in [0.2, 0.25) is 0 Å². The van der Waals surface area contributed by atoms with Crippen molar-refractivity contribution in [3.63, 3.8) is 0 Å². The molecule has 0 atom stereocenters. The zero-order chi connectivity index (χ0) is 13.5. The van der Waals surface area contributed by atoms with Gasteiger partial charge < -0.3 is 5.32 Å². The van der Waals surface area contributed by atoms with Gasteiger partial charge in [0.25, 0.3) is 15.9 Å². The van der Waals surface area contributed by atoms with Crippen molar-refractivity contribution in [2.45, 2.75) is 17.9 Å². The van der Waals surface area contributed by atoms with E-state index in [-0.39, 0.29) is 23.1 Å². The number of hydrogen-bond donors (Lipinski definition) is 1. The summed E-state index contributed by atoms with van der Waals surface area (Å²) in [5.41, 5.74) is 0.191. The Balaban J connectivity index is 1.90. The summed E-state index contributed by atoms with van der Waals surface area (Å²) in [6.07, 6.45) is 3.18. The summed E-state index contributed by atoms with van der Waals surface area (Å²) in [5.74, 6) is -0.212. The largest absolute Gasteiger partial charge is 0.317 e. The lowest BCUT2D eigenvalue weighted by Gasteiger charge is -2.26. The van der Waals surface area contributed by atoms with Crippen LogP contribution in [-0.2, 0) is 10.0 Å². The second kappa shape index (κ2) is 4.57. The number of nitrogens with one attached hydrogen (secondary N) is 1. The third kappa shape index (κ3) is 2.02. The predicted molar refractivity (Wildman–Crippen MR) is 68.1 cm³/mol. The number of piperidine rings is 1. The molecule has 19 heavy (non-hydrogen) atoms. The van der Waals surface area contributed by atoms with Crippen molar-refractivity contribution < 1.29 is 13.2 Å². The van der Waals surface area contributed by atoms with Crippen molar-refractivity contribution in [1.29, 1.82) is 0 Å². The predicted octanol–water partition coefficient (Wildman–Crippen LogP) is 0.226. The average molecular weight is 281 g/mol. The molecule has 0 aliphatic carbocycles. The standard InChI is InChI=1S/C12H15N3O3S/c16-12-10-2-1-5-14-11(10)19(17,18)15(12)8-9-3-6-13-7-4-9/h1-2,5,9,13H,3-4,6-8H2. The highest BCUT2D eigenvalue weighted by atomic mass is 32.2. The maximum atomic E-state index is 12.3. The van der Waals surface area contributed by atoms with Crippen LogP contribution in [0, 0.1) is 5.92 Å². The van der Waals surface area contributed by atoms with E-state index in [9.17, 15) is 13.2 Å². The van der Waals surface area contributed by atoms with Crippen molar-refractivity contribution in [3.05, 3.63) is 23.9 Å². The third-order valence-corrected chi connectivity index (χ3v) is 5.35. The quantitative estimate of drug-likeness (QED) is 0.839. The molecule has 6 nitrogen and oxygen atoms in total. The minimum atomic E-state index is -3.74. The Labute approximate surface area is 111 Å². The highest BCUT2D eigenvalue weighted by Gasteiger charge is 2.43. The van der Waals surface area contributed by atoms with Gasteiger partial charge in [0.2, 0.25) is 0 Å². The van der Waals surface area contributed by atoms with Crippen LogP contribution in [0.1, 0.15) is 23.2 Å². The lowest BCUT2D eigenvalue weighted by molar-refractivity contribution is 0.0850. The van der Waals surface area contributed by atoms with Gasteiger partial charge in [-0.25, -0.2) is 9.29 Å². The van der Waals surface area contributed by atoms with Crippen molar-refractivity contribution in [2.24, 2.45) is 5.92 Å². The average Bonchev–Trinajstić information content (AvgIpc) is 2.62. The summed E-state index contributed by atoms with van der Waals surface area (Å²) in [7, 11) is -3.74. The number of pyridine rings is 1. The number of rotatable bonds is 2. The van der Waals surface area contributed by atoms with Crippen LogP contribution in [0.15, 0.2) is 23.4 Å². The van der Waals surface area contributed by atoms with E-state index in [0.29, 0.717) is 0 Å². The summed E-state index contributed by atoms with van der Waals surface area (Å²) >= 11 is 0. The summed E-state index contributed by atoms with van der Waals surface area (Å²) in [6, 6.07) is 3.10. The van der Waals surface area contributed by atoms with Gasteiger partial charge in [-0.2, -0.15) is 8.42 Å². The molecule has 1 aromatic heterocycles. The first kappa shape index (κ1) is 12.6. The molecule has 0 radical (unpaired) electrons. The Morgan fingerprint density at radius 2 is 2.11 bits per heavy atom. The summed E-state index contributed by atoms with van der Waals surface area (Å²) < 4.78 is 25.6. The summed E-state index contributed by atoms with van der Waals surface area (Å²) in [5, 5.41) is 3.12. The summed E-state index contributed by atoms with van der Waals surface area (Å²) in [6.45, 7) is 2.01. The van der Waals surface area contributed by atoms with Crippen LogP contribution in [0.25, 0.3) is 0 Å². The molecule has 0 bridgehead atoms. The zero-order valence-corrected chi connectivity index (χ0v) is 11.2. The van der Waals surface area contributed by atoms with E-state index >= 15 is 0 Å². The van der Waals surface area contributed by atoms with E-state index in [4.69, 9.17) is 0 Å². The van der Waals surface area contributed by atoms with Crippen LogP contribution < -0.4 is 5.32 Å². The first-order chi connectivity index (χ1) is 9.10. The van der Waals surface area contributed by atoms with Gasteiger partial charge in [0.05, 0.1) is 5.56 Å². The van der Waals surface area contributed by atoms with E-state index in [2.05, 4.69) is 10.3 Å². The fourth-order valence-electron chi connectivity index (χ4n) is 2.59. The highest BCUT2D eigenvalue weighted by Crippen LogP contribution is 2.29. The molecule has 0 unspecified atom stereocenters. The van der Waals surface area contributed by atoms with Gasteiger partial charge in [0.15, 0.2) is 5.03 Å². The second-order valence-electron chi connectivity index (χ2n) is 4.89. The molecule has 102 valence electrons. The normalized spacial score (nSPS) is 22.5. The minimum absolute atomic E-state index is 0.103. The molecule has 3 rings (SSSR count). The Hall–Kier alpha value is -1.47. The van der Waals surface area contributed by atoms with Gasteiger partial charge in [-0.1, -0.05) is 0 Å². The van der Waals surface area contributed by atoms with Gasteiger partial charge in [0.1, 0.15) is 0 Å². The maximum absolute atomic E-state index is 12.3. The molecular formula is C12H15N3O3S. The molecule has 2 aliphatic rings. The van der Waals surface area contributed by atoms with Gasteiger partial charge in [-0.15, -0.1) is 0 Å². The first-order valence-corrected chi connectivity index (χ1v) is 7.77. The number of sulfonamides is 1. The number of amides is 1. The lowest BCUT2D eigenvalue weighted by Crippen LogP contribution is -2.39. The third-order valence-electron chi connectivity index (χ3n) is 3.65. The monoisotopic (exact) mass is 281 g/mol. The molecule has 1 aromatic rings. The second-order valence-corrected chi connectivity index (χ2v) is 6.67. The minimum Gasteiger partial charge on any atom is -0.317 e. The number of hydrogen-bond acceptors (Lipinski definition) is 5.